The van der Waals surface area contributed by atoms with Crippen LogP contribution in [0.5, 0.6) is 0 Å². The van der Waals surface area contributed by atoms with Crippen LogP contribution in [0.1, 0.15) is 0 Å². The molecule has 0 amide bonds. The van der Waals surface area contributed by atoms with E-state index in [0.717, 1.165) is 12.5 Å². The Balaban J connectivity index is 0. The number of hydrogen-bond donors (Lipinski definition) is 0. The summed E-state index contributed by atoms with van der Waals surface area (Å²) in [5.41, 5.74) is 0. The molecule has 0 unspecified atom stereocenters. The molecule has 0 atom stereocenters. The molecule has 0 saturated heterocycles. The smallest absolute Gasteiger partial charge is 0.144 e. The van der Waals surface area contributed by atoms with E-state index in [1.807, 2.05) is 0 Å². The minimum absolute atomic E-state index is 0.611. The highest BCUT2D eigenvalue weighted by atomic mass is 32.2. The maximum absolute atomic E-state index is 9.63. The fourth-order valence-electron chi connectivity index (χ4n) is 0. The molecule has 5 heteroatoms. The number of sulfone groups is 1. The molecule has 0 spiro atoms. The minimum atomic E-state index is -2.67. The topological polar surface area (TPSA) is 57.2 Å². The average Bonchev–Trinajstić information content (AvgIpc) is 1.19. The van der Waals surface area contributed by atoms with Crippen LogP contribution in [0, 0.1) is 0 Å². The fourth-order valence-corrected chi connectivity index (χ4v) is 0. The molecule has 9 heavy (non-hydrogen) atoms. The van der Waals surface area contributed by atoms with Crippen molar-refractivity contribution in [2.45, 2.75) is 0 Å². The van der Waals surface area contributed by atoms with Crippen molar-refractivity contribution in [3.8, 4) is 0 Å². The van der Waals surface area contributed by atoms with Gasteiger partial charge in [-0.25, -0.2) is 8.42 Å². The first kappa shape index (κ1) is 12.0. The molecule has 0 bridgehead atoms. The summed E-state index contributed by atoms with van der Waals surface area (Å²) >= 11 is -0.611. The molecular formula is C4H12O3S2. The van der Waals surface area contributed by atoms with E-state index in [2.05, 4.69) is 0 Å². The summed E-state index contributed by atoms with van der Waals surface area (Å²) in [6, 6.07) is 0. The van der Waals surface area contributed by atoms with Crippen LogP contribution in [0.25, 0.3) is 0 Å². The largest absolute Gasteiger partial charge is 0.617 e. The Morgan fingerprint density at radius 2 is 1.22 bits per heavy atom. The Kier molecular flexibility index (Phi) is 6.76. The number of rotatable bonds is 0. The highest BCUT2D eigenvalue weighted by Crippen LogP contribution is 1.62. The van der Waals surface area contributed by atoms with Crippen LogP contribution < -0.4 is 0 Å². The third-order valence-electron chi connectivity index (χ3n) is 0. The van der Waals surface area contributed by atoms with E-state index >= 15 is 0 Å². The van der Waals surface area contributed by atoms with Crippen LogP contribution in [0.2, 0.25) is 0 Å². The summed E-state index contributed by atoms with van der Waals surface area (Å²) in [4.78, 5) is 0. The van der Waals surface area contributed by atoms with E-state index in [-0.39, 0.29) is 0 Å². The third kappa shape index (κ3) is 4790. The Hall–Kier alpha value is 0.260. The van der Waals surface area contributed by atoms with Crippen molar-refractivity contribution in [3.63, 3.8) is 0 Å². The molecule has 3 nitrogen and oxygen atoms in total. The maximum Gasteiger partial charge on any atom is 0.144 e. The second-order valence-electron chi connectivity index (χ2n) is 1.88. The molecule has 0 aromatic carbocycles. The van der Waals surface area contributed by atoms with Gasteiger partial charge in [0.25, 0.3) is 0 Å². The molecule has 58 valence electrons. The highest BCUT2D eigenvalue weighted by molar-refractivity contribution is 7.90. The van der Waals surface area contributed by atoms with Crippen molar-refractivity contribution < 1.29 is 13.0 Å². The molecular weight excluding hydrogens is 160 g/mol. The number of hydrogen-bond acceptors (Lipinski definition) is 3. The summed E-state index contributed by atoms with van der Waals surface area (Å²) in [6.45, 7) is 0. The standard InChI is InChI=1S/C2H6O2S.C2H6OS/c1-5(2,3)4;1-4(2)3/h1-2H3;1-2H3. The molecule has 0 radical (unpaired) electrons. The normalized spacial score (nSPS) is 10.4. The Morgan fingerprint density at radius 3 is 1.22 bits per heavy atom. The lowest BCUT2D eigenvalue weighted by molar-refractivity contribution is 0.605. The molecule has 0 aromatic rings. The summed E-state index contributed by atoms with van der Waals surface area (Å²) in [5, 5.41) is 0. The van der Waals surface area contributed by atoms with Gasteiger partial charge < -0.3 is 4.55 Å². The predicted octanol–water partition coefficient (Wildman–Crippen LogP) is -0.345. The maximum atomic E-state index is 9.63. The van der Waals surface area contributed by atoms with Crippen LogP contribution in [-0.2, 0) is 21.0 Å². The van der Waals surface area contributed by atoms with Gasteiger partial charge in [-0.1, -0.05) is 11.2 Å². The van der Waals surface area contributed by atoms with Gasteiger partial charge in [-0.15, -0.1) is 0 Å². The quantitative estimate of drug-likeness (QED) is 0.469. The Labute approximate surface area is 59.6 Å². The molecule has 0 saturated carbocycles. The molecule has 0 aliphatic heterocycles. The van der Waals surface area contributed by atoms with Gasteiger partial charge in [0.2, 0.25) is 0 Å². The molecule has 0 fully saturated rings. The monoisotopic (exact) mass is 172 g/mol. The van der Waals surface area contributed by atoms with Crippen molar-refractivity contribution in [1.29, 1.82) is 0 Å². The van der Waals surface area contributed by atoms with Crippen molar-refractivity contribution in [1.82, 2.24) is 0 Å². The first-order valence-corrected chi connectivity index (χ1v) is 6.40. The van der Waals surface area contributed by atoms with Crippen LogP contribution in [0.15, 0.2) is 0 Å². The second kappa shape index (κ2) is 5.08. The first-order valence-electron chi connectivity index (χ1n) is 2.13. The average molecular weight is 172 g/mol. The first-order chi connectivity index (χ1) is 3.73. The van der Waals surface area contributed by atoms with E-state index < -0.39 is 21.0 Å². The Bertz CT molecular complexity index is 125. The van der Waals surface area contributed by atoms with Crippen molar-refractivity contribution in [2.24, 2.45) is 0 Å². The molecule has 0 aliphatic carbocycles. The van der Waals surface area contributed by atoms with Gasteiger partial charge >= 0.3 is 0 Å². The molecule has 0 heterocycles. The van der Waals surface area contributed by atoms with Gasteiger partial charge in [-0.05, 0) is 0 Å². The molecule has 0 aliphatic rings. The summed E-state index contributed by atoms with van der Waals surface area (Å²) in [5.74, 6) is 0. The van der Waals surface area contributed by atoms with Crippen LogP contribution >= 0.6 is 0 Å². The second-order valence-corrected chi connectivity index (χ2v) is 5.65. The van der Waals surface area contributed by atoms with Gasteiger partial charge in [-0.3, -0.25) is 0 Å². The van der Waals surface area contributed by atoms with Gasteiger partial charge in [0, 0.05) is 12.5 Å². The molecule has 0 N–H and O–H groups in total. The zero-order valence-corrected chi connectivity index (χ0v) is 7.67. The Morgan fingerprint density at radius 1 is 1.22 bits per heavy atom. The summed E-state index contributed by atoms with van der Waals surface area (Å²) in [7, 11) is -2.67. The minimum Gasteiger partial charge on any atom is -0.617 e. The van der Waals surface area contributed by atoms with Crippen molar-refractivity contribution >= 4 is 21.0 Å². The van der Waals surface area contributed by atoms with E-state index in [0.29, 0.717) is 0 Å². The van der Waals surface area contributed by atoms with E-state index in [1.165, 1.54) is 0 Å². The van der Waals surface area contributed by atoms with Gasteiger partial charge in [0.15, 0.2) is 0 Å². The third-order valence-corrected chi connectivity index (χ3v) is 0. The highest BCUT2D eigenvalue weighted by Gasteiger charge is 1.79. The van der Waals surface area contributed by atoms with Crippen LogP contribution in [0.3, 0.4) is 0 Å². The van der Waals surface area contributed by atoms with Crippen molar-refractivity contribution in [3.05, 3.63) is 0 Å². The van der Waals surface area contributed by atoms with Gasteiger partial charge in [-0.2, -0.15) is 0 Å². The SMILES string of the molecule is CS(C)(=O)=O.C[S+](C)[O-]. The predicted molar refractivity (Wildman–Crippen MR) is 40.8 cm³/mol. The summed E-state index contributed by atoms with van der Waals surface area (Å²) in [6.07, 6.45) is 5.60. The lowest BCUT2D eigenvalue weighted by Crippen LogP contribution is -1.86. The lowest BCUT2D eigenvalue weighted by atomic mass is 11.9. The zero-order chi connectivity index (χ0) is 8.08. The van der Waals surface area contributed by atoms with Gasteiger partial charge in [0.1, 0.15) is 9.84 Å². The van der Waals surface area contributed by atoms with Crippen LogP contribution in [-0.4, -0.2) is 38.0 Å². The van der Waals surface area contributed by atoms with Crippen LogP contribution in [0.4, 0.5) is 0 Å². The van der Waals surface area contributed by atoms with E-state index in [9.17, 15) is 13.0 Å². The lowest BCUT2D eigenvalue weighted by Gasteiger charge is -1.87. The molecule has 0 rings (SSSR count). The zero-order valence-electron chi connectivity index (χ0n) is 6.04. The molecule has 0 aromatic heterocycles. The van der Waals surface area contributed by atoms with Gasteiger partial charge in [0.05, 0.1) is 12.5 Å². The van der Waals surface area contributed by atoms with Crippen molar-refractivity contribution in [2.75, 3.05) is 25.0 Å². The van der Waals surface area contributed by atoms with E-state index in [1.54, 1.807) is 12.5 Å². The van der Waals surface area contributed by atoms with E-state index in [4.69, 9.17) is 0 Å². The summed E-state index contributed by atoms with van der Waals surface area (Å²) < 4.78 is 28.8. The fraction of sp³-hybridized carbons (Fsp3) is 1.00.